The summed E-state index contributed by atoms with van der Waals surface area (Å²) in [5.41, 5.74) is 1.28. The zero-order valence-corrected chi connectivity index (χ0v) is 16.3. The first kappa shape index (κ1) is 20.3. The molecule has 1 amide bonds. The highest BCUT2D eigenvalue weighted by Gasteiger charge is 2.33. The van der Waals surface area contributed by atoms with Gasteiger partial charge in [0.05, 0.1) is 12.7 Å². The molecule has 0 spiro atoms. The summed E-state index contributed by atoms with van der Waals surface area (Å²) in [5, 5.41) is 13.2. The van der Waals surface area contributed by atoms with Crippen LogP contribution in [-0.4, -0.2) is 60.4 Å². The molecule has 1 aromatic carbocycles. The van der Waals surface area contributed by atoms with Gasteiger partial charge in [-0.2, -0.15) is 0 Å². The van der Waals surface area contributed by atoms with Crippen LogP contribution in [0, 0.1) is 0 Å². The lowest BCUT2D eigenvalue weighted by molar-refractivity contribution is -0.122. The van der Waals surface area contributed by atoms with E-state index in [4.69, 9.17) is 4.74 Å². The van der Waals surface area contributed by atoms with Crippen LogP contribution in [-0.2, 0) is 16.0 Å². The van der Waals surface area contributed by atoms with Crippen molar-refractivity contribution in [2.24, 2.45) is 0 Å². The minimum atomic E-state index is -0.155. The number of hydrogen-bond donors (Lipinski definition) is 2. The second-order valence-corrected chi connectivity index (χ2v) is 7.89. The summed E-state index contributed by atoms with van der Waals surface area (Å²) in [6.07, 6.45) is 7.23. The summed E-state index contributed by atoms with van der Waals surface area (Å²) >= 11 is 0. The normalized spacial score (nSPS) is 24.2. The fourth-order valence-electron chi connectivity index (χ4n) is 4.29. The van der Waals surface area contributed by atoms with Gasteiger partial charge in [-0.05, 0) is 50.5 Å². The Morgan fingerprint density at radius 1 is 1.11 bits per heavy atom. The van der Waals surface area contributed by atoms with Crippen molar-refractivity contribution in [3.8, 4) is 0 Å². The van der Waals surface area contributed by atoms with Crippen molar-refractivity contribution in [1.29, 1.82) is 0 Å². The van der Waals surface area contributed by atoms with E-state index < -0.39 is 0 Å². The largest absolute Gasteiger partial charge is 0.391 e. The van der Waals surface area contributed by atoms with Crippen molar-refractivity contribution in [3.05, 3.63) is 35.9 Å². The summed E-state index contributed by atoms with van der Waals surface area (Å²) in [4.78, 5) is 14.6. The molecule has 5 heteroatoms. The topological polar surface area (TPSA) is 61.8 Å². The summed E-state index contributed by atoms with van der Waals surface area (Å²) in [7, 11) is 0. The van der Waals surface area contributed by atoms with E-state index in [0.29, 0.717) is 25.7 Å². The number of hydrogen-bond acceptors (Lipinski definition) is 4. The van der Waals surface area contributed by atoms with Gasteiger partial charge in [-0.3, -0.25) is 9.69 Å². The Bertz CT molecular complexity index is 558. The second-order valence-electron chi connectivity index (χ2n) is 7.89. The number of likely N-dealkylation sites (tertiary alicyclic amines) is 1. The third-order valence-corrected chi connectivity index (χ3v) is 5.88. The molecule has 1 saturated heterocycles. The number of nitrogens with zero attached hydrogens (tertiary/aromatic N) is 1. The fourth-order valence-corrected chi connectivity index (χ4v) is 4.29. The quantitative estimate of drug-likeness (QED) is 0.652. The third-order valence-electron chi connectivity index (χ3n) is 5.88. The number of piperidine rings is 1. The van der Waals surface area contributed by atoms with Gasteiger partial charge < -0.3 is 15.2 Å². The first-order valence-corrected chi connectivity index (χ1v) is 10.6. The maximum Gasteiger partial charge on any atom is 0.220 e. The van der Waals surface area contributed by atoms with Gasteiger partial charge in [-0.1, -0.05) is 30.3 Å². The molecule has 1 heterocycles. The molecule has 27 heavy (non-hydrogen) atoms. The van der Waals surface area contributed by atoms with E-state index in [9.17, 15) is 9.90 Å². The van der Waals surface area contributed by atoms with Crippen LogP contribution in [0.4, 0.5) is 0 Å². The molecule has 0 radical (unpaired) electrons. The zero-order chi connectivity index (χ0) is 18.9. The van der Waals surface area contributed by atoms with E-state index in [2.05, 4.69) is 22.3 Å². The molecule has 2 fully saturated rings. The Labute approximate surface area is 163 Å². The molecule has 3 rings (SSSR count). The van der Waals surface area contributed by atoms with Gasteiger partial charge >= 0.3 is 0 Å². The molecule has 2 unspecified atom stereocenters. The Morgan fingerprint density at radius 3 is 2.59 bits per heavy atom. The van der Waals surface area contributed by atoms with Crippen LogP contribution in [0.5, 0.6) is 0 Å². The molecule has 150 valence electrons. The van der Waals surface area contributed by atoms with Crippen LogP contribution >= 0.6 is 0 Å². The smallest absolute Gasteiger partial charge is 0.220 e. The summed E-state index contributed by atoms with van der Waals surface area (Å²) in [6.45, 7) is 3.31. The van der Waals surface area contributed by atoms with Crippen LogP contribution in [0.2, 0.25) is 0 Å². The number of amides is 1. The molecule has 1 aromatic rings. The van der Waals surface area contributed by atoms with Crippen molar-refractivity contribution in [1.82, 2.24) is 10.2 Å². The van der Waals surface area contributed by atoms with Crippen LogP contribution in [0.1, 0.15) is 50.5 Å². The first-order chi connectivity index (χ1) is 13.2. The highest BCUT2D eigenvalue weighted by atomic mass is 16.5. The number of ether oxygens (including phenoxy) is 1. The molecule has 2 atom stereocenters. The van der Waals surface area contributed by atoms with Crippen molar-refractivity contribution in [2.45, 2.75) is 69.6 Å². The number of nitrogens with one attached hydrogen (secondary N) is 1. The van der Waals surface area contributed by atoms with Gasteiger partial charge in [-0.15, -0.1) is 0 Å². The number of rotatable bonds is 9. The van der Waals surface area contributed by atoms with Gasteiger partial charge in [0, 0.05) is 38.2 Å². The number of carbonyl (C=O) groups excluding carboxylic acids is 1. The number of benzene rings is 1. The molecule has 2 N–H and O–H groups in total. The van der Waals surface area contributed by atoms with Gasteiger partial charge in [0.15, 0.2) is 0 Å². The molecule has 2 aliphatic rings. The monoisotopic (exact) mass is 374 g/mol. The zero-order valence-electron chi connectivity index (χ0n) is 16.3. The van der Waals surface area contributed by atoms with E-state index in [1.165, 1.54) is 5.56 Å². The van der Waals surface area contributed by atoms with Crippen LogP contribution in [0.25, 0.3) is 0 Å². The van der Waals surface area contributed by atoms with E-state index in [1.807, 2.05) is 18.2 Å². The van der Waals surface area contributed by atoms with E-state index >= 15 is 0 Å². The standard InChI is InChI=1S/C22H34N2O3/c25-21-9-4-8-20(21)24-14-11-19(12-15-24)23-22(26)10-5-16-27-17-13-18-6-2-1-3-7-18/h1-3,6-7,19-21,25H,4-5,8-17H2,(H,23,26). The first-order valence-electron chi connectivity index (χ1n) is 10.6. The molecule has 5 nitrogen and oxygen atoms in total. The summed E-state index contributed by atoms with van der Waals surface area (Å²) < 4.78 is 5.65. The van der Waals surface area contributed by atoms with Gasteiger partial charge in [-0.25, -0.2) is 0 Å². The van der Waals surface area contributed by atoms with Crippen molar-refractivity contribution >= 4 is 5.91 Å². The second kappa shape index (κ2) is 10.8. The maximum absolute atomic E-state index is 12.1. The van der Waals surface area contributed by atoms with E-state index in [-0.39, 0.29) is 18.1 Å². The number of aliphatic hydroxyl groups excluding tert-OH is 1. The average molecular weight is 375 g/mol. The molecule has 0 aromatic heterocycles. The van der Waals surface area contributed by atoms with Crippen molar-refractivity contribution < 1.29 is 14.6 Å². The lowest BCUT2D eigenvalue weighted by Gasteiger charge is -2.37. The minimum absolute atomic E-state index is 0.140. The molecular weight excluding hydrogens is 340 g/mol. The molecule has 1 saturated carbocycles. The molecular formula is C22H34N2O3. The van der Waals surface area contributed by atoms with Crippen LogP contribution in [0.3, 0.4) is 0 Å². The van der Waals surface area contributed by atoms with Crippen molar-refractivity contribution in [3.63, 3.8) is 0 Å². The minimum Gasteiger partial charge on any atom is -0.391 e. The predicted octanol–water partition coefficient (Wildman–Crippen LogP) is 2.52. The van der Waals surface area contributed by atoms with E-state index in [0.717, 1.165) is 58.0 Å². The number of aliphatic hydroxyl groups is 1. The Hall–Kier alpha value is -1.43. The van der Waals surface area contributed by atoms with Crippen molar-refractivity contribution in [2.75, 3.05) is 26.3 Å². The van der Waals surface area contributed by atoms with Gasteiger partial charge in [0.25, 0.3) is 0 Å². The SMILES string of the molecule is O=C(CCCOCCc1ccccc1)NC1CCN(C2CCCC2O)CC1. The summed E-state index contributed by atoms with van der Waals surface area (Å²) in [6, 6.07) is 10.9. The highest BCUT2D eigenvalue weighted by molar-refractivity contribution is 5.76. The Balaban J connectivity index is 1.22. The van der Waals surface area contributed by atoms with Crippen LogP contribution < -0.4 is 5.32 Å². The lowest BCUT2D eigenvalue weighted by Crippen LogP contribution is -2.49. The molecule has 1 aliphatic carbocycles. The third kappa shape index (κ3) is 6.59. The maximum atomic E-state index is 12.1. The number of carbonyl (C=O) groups is 1. The molecule has 0 bridgehead atoms. The summed E-state index contributed by atoms with van der Waals surface area (Å²) in [5.74, 6) is 0.140. The van der Waals surface area contributed by atoms with Crippen LogP contribution in [0.15, 0.2) is 30.3 Å². The van der Waals surface area contributed by atoms with Gasteiger partial charge in [0.1, 0.15) is 0 Å². The lowest BCUT2D eigenvalue weighted by atomic mass is 10.0. The highest BCUT2D eigenvalue weighted by Crippen LogP contribution is 2.26. The predicted molar refractivity (Wildman–Crippen MR) is 107 cm³/mol. The Morgan fingerprint density at radius 2 is 1.89 bits per heavy atom. The average Bonchev–Trinajstić information content (AvgIpc) is 3.12. The fraction of sp³-hybridized carbons (Fsp3) is 0.682. The molecule has 1 aliphatic heterocycles. The Kier molecular flexibility index (Phi) is 8.11. The van der Waals surface area contributed by atoms with Gasteiger partial charge in [0.2, 0.25) is 5.91 Å². The van der Waals surface area contributed by atoms with E-state index in [1.54, 1.807) is 0 Å².